The first-order valence-corrected chi connectivity index (χ1v) is 7.89. The van der Waals surface area contributed by atoms with Crippen LogP contribution in [0.15, 0.2) is 24.3 Å². The highest BCUT2D eigenvalue weighted by atomic mass is 16.4. The molecule has 6 nitrogen and oxygen atoms in total. The molecule has 2 heterocycles. The topological polar surface area (TPSA) is 77.9 Å². The van der Waals surface area contributed by atoms with E-state index in [1.54, 1.807) is 36.1 Å². The van der Waals surface area contributed by atoms with Crippen LogP contribution in [0.5, 0.6) is 0 Å². The van der Waals surface area contributed by atoms with Crippen molar-refractivity contribution >= 4 is 23.5 Å². The van der Waals surface area contributed by atoms with E-state index in [1.165, 1.54) is 4.90 Å². The number of carbonyl (C=O) groups is 3. The van der Waals surface area contributed by atoms with E-state index in [-0.39, 0.29) is 11.8 Å². The Balaban J connectivity index is 1.88. The van der Waals surface area contributed by atoms with E-state index in [1.807, 2.05) is 0 Å². The van der Waals surface area contributed by atoms with Crippen LogP contribution >= 0.6 is 0 Å². The highest BCUT2D eigenvalue weighted by Gasteiger charge is 2.46. The van der Waals surface area contributed by atoms with Crippen molar-refractivity contribution in [3.63, 3.8) is 0 Å². The van der Waals surface area contributed by atoms with E-state index in [4.69, 9.17) is 0 Å². The minimum Gasteiger partial charge on any atom is -0.480 e. The summed E-state index contributed by atoms with van der Waals surface area (Å²) < 4.78 is 0. The molecule has 2 aliphatic heterocycles. The van der Waals surface area contributed by atoms with Crippen molar-refractivity contribution in [1.82, 2.24) is 4.90 Å². The molecule has 0 bridgehead atoms. The van der Waals surface area contributed by atoms with Gasteiger partial charge in [-0.05, 0) is 44.4 Å². The average molecular weight is 316 g/mol. The molecule has 2 aliphatic rings. The summed E-state index contributed by atoms with van der Waals surface area (Å²) >= 11 is 0. The van der Waals surface area contributed by atoms with Gasteiger partial charge in [0.25, 0.3) is 5.91 Å². The van der Waals surface area contributed by atoms with Gasteiger partial charge < -0.3 is 14.9 Å². The molecular weight excluding hydrogens is 296 g/mol. The summed E-state index contributed by atoms with van der Waals surface area (Å²) in [6.07, 6.45) is 2.48. The molecule has 1 aromatic carbocycles. The van der Waals surface area contributed by atoms with Crippen LogP contribution < -0.4 is 4.90 Å². The van der Waals surface area contributed by atoms with Crippen LogP contribution in [-0.4, -0.2) is 46.4 Å². The fourth-order valence-electron chi connectivity index (χ4n) is 3.39. The summed E-state index contributed by atoms with van der Waals surface area (Å²) in [5, 5.41) is 9.45. The van der Waals surface area contributed by atoms with Crippen molar-refractivity contribution in [2.75, 3.05) is 18.0 Å². The zero-order valence-electron chi connectivity index (χ0n) is 13.1. The fraction of sp³-hybridized carbons (Fsp3) is 0.471. The Morgan fingerprint density at radius 1 is 1.22 bits per heavy atom. The molecule has 0 aliphatic carbocycles. The number of nitrogens with zero attached hydrogens (tertiary/aromatic N) is 2. The van der Waals surface area contributed by atoms with Crippen LogP contribution in [0.3, 0.4) is 0 Å². The Hall–Kier alpha value is -2.37. The Bertz CT molecular complexity index is 672. The van der Waals surface area contributed by atoms with Crippen LogP contribution in [0.1, 0.15) is 43.0 Å². The number of carboxylic acids is 1. The summed E-state index contributed by atoms with van der Waals surface area (Å²) in [6, 6.07) is 6.90. The van der Waals surface area contributed by atoms with E-state index in [0.29, 0.717) is 43.6 Å². The molecule has 0 radical (unpaired) electrons. The largest absolute Gasteiger partial charge is 0.480 e. The number of anilines is 1. The number of rotatable bonds is 3. The molecule has 1 aromatic rings. The Morgan fingerprint density at radius 2 is 2.00 bits per heavy atom. The van der Waals surface area contributed by atoms with E-state index < -0.39 is 11.5 Å². The lowest BCUT2D eigenvalue weighted by Crippen LogP contribution is -2.50. The first-order valence-electron chi connectivity index (χ1n) is 7.89. The molecule has 2 saturated heterocycles. The zero-order chi connectivity index (χ0) is 16.6. The predicted molar refractivity (Wildman–Crippen MR) is 84.3 cm³/mol. The number of benzene rings is 1. The third-order valence-corrected chi connectivity index (χ3v) is 4.83. The summed E-state index contributed by atoms with van der Waals surface area (Å²) in [6.45, 7) is 2.69. The van der Waals surface area contributed by atoms with Gasteiger partial charge in [-0.15, -0.1) is 0 Å². The van der Waals surface area contributed by atoms with Gasteiger partial charge in [0.2, 0.25) is 5.91 Å². The highest BCUT2D eigenvalue weighted by molar-refractivity contribution is 6.01. The number of hydrogen-bond acceptors (Lipinski definition) is 3. The van der Waals surface area contributed by atoms with E-state index in [9.17, 15) is 19.5 Å². The monoisotopic (exact) mass is 316 g/mol. The third-order valence-electron chi connectivity index (χ3n) is 4.83. The second kappa shape index (κ2) is 5.68. The summed E-state index contributed by atoms with van der Waals surface area (Å²) in [5.74, 6) is -1.21. The van der Waals surface area contributed by atoms with Gasteiger partial charge in [0, 0.05) is 30.8 Å². The van der Waals surface area contributed by atoms with Crippen molar-refractivity contribution in [3.8, 4) is 0 Å². The smallest absolute Gasteiger partial charge is 0.329 e. The number of carbonyl (C=O) groups excluding carboxylic acids is 2. The fourth-order valence-corrected chi connectivity index (χ4v) is 3.39. The average Bonchev–Trinajstić information content (AvgIpc) is 3.13. The van der Waals surface area contributed by atoms with Gasteiger partial charge in [-0.2, -0.15) is 0 Å². The first kappa shape index (κ1) is 15.5. The Labute approximate surface area is 134 Å². The number of aliphatic carboxylic acids is 1. The molecule has 6 heteroatoms. The minimum atomic E-state index is -1.16. The molecule has 0 aromatic heterocycles. The van der Waals surface area contributed by atoms with Gasteiger partial charge in [0.15, 0.2) is 0 Å². The summed E-state index contributed by atoms with van der Waals surface area (Å²) in [5.41, 5.74) is -0.0255. The van der Waals surface area contributed by atoms with Crippen LogP contribution in [0.2, 0.25) is 0 Å². The maximum Gasteiger partial charge on any atom is 0.329 e. The van der Waals surface area contributed by atoms with Gasteiger partial charge >= 0.3 is 5.97 Å². The summed E-state index contributed by atoms with van der Waals surface area (Å²) in [4.78, 5) is 39.3. The maximum absolute atomic E-state index is 12.8. The van der Waals surface area contributed by atoms with Gasteiger partial charge in [0.1, 0.15) is 5.54 Å². The molecule has 0 saturated carbocycles. The van der Waals surface area contributed by atoms with Crippen LogP contribution in [0.25, 0.3) is 0 Å². The first-order chi connectivity index (χ1) is 10.9. The molecule has 3 rings (SSSR count). The second-order valence-electron chi connectivity index (χ2n) is 6.34. The predicted octanol–water partition coefficient (Wildman–Crippen LogP) is 1.89. The quantitative estimate of drug-likeness (QED) is 0.924. The van der Waals surface area contributed by atoms with Crippen molar-refractivity contribution in [3.05, 3.63) is 29.8 Å². The van der Waals surface area contributed by atoms with Crippen LogP contribution in [0, 0.1) is 0 Å². The zero-order valence-corrected chi connectivity index (χ0v) is 13.1. The molecule has 1 unspecified atom stereocenters. The summed E-state index contributed by atoms with van der Waals surface area (Å²) in [7, 11) is 0. The van der Waals surface area contributed by atoms with Crippen molar-refractivity contribution < 1.29 is 19.5 Å². The Kier molecular flexibility index (Phi) is 3.83. The van der Waals surface area contributed by atoms with Gasteiger partial charge in [-0.25, -0.2) is 4.79 Å². The molecular formula is C17H20N2O4. The molecule has 1 atom stereocenters. The minimum absolute atomic E-state index is 0.0612. The lowest BCUT2D eigenvalue weighted by Gasteiger charge is -2.31. The van der Waals surface area contributed by atoms with Crippen LogP contribution in [0.4, 0.5) is 5.69 Å². The van der Waals surface area contributed by atoms with Crippen molar-refractivity contribution in [1.29, 1.82) is 0 Å². The molecule has 2 fully saturated rings. The number of carboxylic acid groups (broad SMARTS) is 1. The lowest BCUT2D eigenvalue weighted by molar-refractivity contribution is -0.147. The molecule has 1 N–H and O–H groups in total. The van der Waals surface area contributed by atoms with Crippen molar-refractivity contribution in [2.24, 2.45) is 0 Å². The number of amides is 2. The molecule has 2 amide bonds. The lowest BCUT2D eigenvalue weighted by atomic mass is 9.98. The number of likely N-dealkylation sites (tertiary alicyclic amines) is 1. The van der Waals surface area contributed by atoms with E-state index in [2.05, 4.69) is 0 Å². The Morgan fingerprint density at radius 3 is 2.65 bits per heavy atom. The highest BCUT2D eigenvalue weighted by Crippen LogP contribution is 2.31. The van der Waals surface area contributed by atoms with Crippen molar-refractivity contribution in [2.45, 2.75) is 38.1 Å². The standard InChI is InChI=1S/C17H20N2O4/c1-17(16(22)23)8-4-10-19(17)15(21)12-5-2-6-13(11-12)18-9-3-7-14(18)20/h2,5-6,11H,3-4,7-10H2,1H3,(H,22,23). The maximum atomic E-state index is 12.8. The van der Waals surface area contributed by atoms with Gasteiger partial charge in [-0.1, -0.05) is 6.07 Å². The third kappa shape index (κ3) is 2.58. The molecule has 0 spiro atoms. The second-order valence-corrected chi connectivity index (χ2v) is 6.34. The normalized spacial score (nSPS) is 24.3. The number of hydrogen-bond donors (Lipinski definition) is 1. The van der Waals surface area contributed by atoms with E-state index in [0.717, 1.165) is 6.42 Å². The molecule has 122 valence electrons. The molecule has 23 heavy (non-hydrogen) atoms. The van der Waals surface area contributed by atoms with Gasteiger partial charge in [-0.3, -0.25) is 9.59 Å². The SMILES string of the molecule is CC1(C(=O)O)CCCN1C(=O)c1cccc(N2CCCC2=O)c1. The van der Waals surface area contributed by atoms with Gasteiger partial charge in [0.05, 0.1) is 0 Å². The van der Waals surface area contributed by atoms with E-state index >= 15 is 0 Å². The van der Waals surface area contributed by atoms with Crippen LogP contribution in [-0.2, 0) is 9.59 Å².